The number of likely N-dealkylation sites (N-methyl/N-ethyl adjacent to an activating group) is 2. The molecule has 0 bridgehead atoms. The first kappa shape index (κ1) is 61.5. The van der Waals surface area contributed by atoms with E-state index in [1.165, 1.54) is 0 Å². The Bertz CT molecular complexity index is 1940. The summed E-state index contributed by atoms with van der Waals surface area (Å²) < 4.78 is 34.7. The van der Waals surface area contributed by atoms with E-state index in [9.17, 15) is 19.2 Å². The van der Waals surface area contributed by atoms with Crippen molar-refractivity contribution in [2.45, 2.75) is 123 Å². The van der Waals surface area contributed by atoms with Crippen LogP contribution in [0.15, 0.2) is 60.7 Å². The molecule has 1 fully saturated rings. The average molecular weight is 1010 g/mol. The molecule has 2 unspecified atom stereocenters. The van der Waals surface area contributed by atoms with Gasteiger partial charge in [-0.3, -0.25) is 29.5 Å². The second-order valence-electron chi connectivity index (χ2n) is 19.6. The van der Waals surface area contributed by atoms with Gasteiger partial charge in [-0.25, -0.2) is 5.41 Å². The zero-order valence-corrected chi connectivity index (χ0v) is 45.1. The molecule has 4 amide bonds. The fourth-order valence-electron chi connectivity index (χ4n) is 9.48. The Kier molecular flexibility index (Phi) is 27.7. The van der Waals surface area contributed by atoms with Crippen molar-refractivity contribution >= 4 is 35.4 Å². The Morgan fingerprint density at radius 3 is 1.97 bits per heavy atom. The maximum absolute atomic E-state index is 14.7. The van der Waals surface area contributed by atoms with Gasteiger partial charge >= 0.3 is 5.90 Å². The van der Waals surface area contributed by atoms with Gasteiger partial charge in [-0.15, -0.1) is 0 Å². The van der Waals surface area contributed by atoms with Crippen molar-refractivity contribution in [2.75, 3.05) is 87.6 Å². The van der Waals surface area contributed by atoms with Crippen molar-refractivity contribution in [1.29, 1.82) is 5.41 Å². The van der Waals surface area contributed by atoms with Crippen LogP contribution in [0.25, 0.3) is 0 Å². The number of likely N-dealkylation sites (tertiary alicyclic amines) is 1. The van der Waals surface area contributed by atoms with Gasteiger partial charge in [0.25, 0.3) is 0 Å². The third kappa shape index (κ3) is 18.9. The second kappa shape index (κ2) is 32.4. The van der Waals surface area contributed by atoms with E-state index in [1.807, 2.05) is 89.9 Å². The third-order valence-corrected chi connectivity index (χ3v) is 13.7. The molecule has 0 radical (unpaired) electrons. The van der Waals surface area contributed by atoms with E-state index in [0.29, 0.717) is 90.5 Å². The standard InChI is InChI=1S/C54H88N8O10/c1-12-38(6)48(61(9)54(66)46(36(2)3)59-53(65)47(37(4)5)60(8)27-29-70-31-33-71-32-30-69-28-25-55)44(67-10)35-45(63)62-26-19-24-43(62)49(68-11)39(7)52(64)58-42(34-40-20-15-13-16-21-40)51(57)72-50(56)41-22-17-14-18-23-41/h13-18,20-23,36-39,42-44,46-49,56-57H,12,19,24-35,55H2,1-11H3,(H,58,64)(H,59,65)/p+1/t38-,39+,42?,43-,44+,46-,47-,48?,49+/m0/s1. The van der Waals surface area contributed by atoms with E-state index in [-0.39, 0.29) is 59.6 Å². The van der Waals surface area contributed by atoms with E-state index in [1.54, 1.807) is 62.3 Å². The molecule has 1 aliphatic heterocycles. The van der Waals surface area contributed by atoms with E-state index >= 15 is 0 Å². The maximum atomic E-state index is 14.7. The van der Waals surface area contributed by atoms with E-state index in [0.717, 1.165) is 5.56 Å². The number of amides is 4. The lowest BCUT2D eigenvalue weighted by molar-refractivity contribution is -0.148. The van der Waals surface area contributed by atoms with E-state index in [4.69, 9.17) is 45.0 Å². The van der Waals surface area contributed by atoms with Crippen LogP contribution in [-0.2, 0) is 54.0 Å². The summed E-state index contributed by atoms with van der Waals surface area (Å²) in [6.45, 7) is 17.7. The van der Waals surface area contributed by atoms with Crippen LogP contribution in [0.5, 0.6) is 0 Å². The topological polar surface area (TPSA) is 233 Å². The zero-order valence-electron chi connectivity index (χ0n) is 45.1. The summed E-state index contributed by atoms with van der Waals surface area (Å²) in [6, 6.07) is 15.4. The van der Waals surface area contributed by atoms with Crippen LogP contribution < -0.4 is 21.8 Å². The number of nitrogens with one attached hydrogen (secondary N) is 3. The second-order valence-corrected chi connectivity index (χ2v) is 19.6. The van der Waals surface area contributed by atoms with Gasteiger partial charge in [0.15, 0.2) is 6.04 Å². The highest BCUT2D eigenvalue weighted by Gasteiger charge is 2.44. The van der Waals surface area contributed by atoms with Gasteiger partial charge in [0.1, 0.15) is 6.04 Å². The summed E-state index contributed by atoms with van der Waals surface area (Å²) in [5.74, 6) is -2.36. The minimum atomic E-state index is -0.847. The van der Waals surface area contributed by atoms with Crippen LogP contribution in [-0.4, -0.2) is 180 Å². The van der Waals surface area contributed by atoms with Crippen molar-refractivity contribution in [3.63, 3.8) is 0 Å². The number of carbonyl (C=O) groups excluding carboxylic acids is 4. The Labute approximate surface area is 429 Å². The van der Waals surface area contributed by atoms with Gasteiger partial charge in [-0.1, -0.05) is 103 Å². The van der Waals surface area contributed by atoms with E-state index < -0.39 is 48.3 Å². The summed E-state index contributed by atoms with van der Waals surface area (Å²) in [6.07, 6.45) is 0.937. The van der Waals surface area contributed by atoms with Crippen LogP contribution in [0.1, 0.15) is 85.3 Å². The van der Waals surface area contributed by atoms with Crippen molar-refractivity contribution in [3.05, 3.63) is 71.8 Å². The van der Waals surface area contributed by atoms with Crippen molar-refractivity contribution < 1.29 is 53.0 Å². The van der Waals surface area contributed by atoms with Gasteiger partial charge < -0.3 is 54.6 Å². The van der Waals surface area contributed by atoms with Crippen LogP contribution in [0, 0.1) is 29.1 Å². The Balaban J connectivity index is 1.73. The van der Waals surface area contributed by atoms with Crippen molar-refractivity contribution in [3.8, 4) is 0 Å². The summed E-state index contributed by atoms with van der Waals surface area (Å²) >= 11 is 0. The van der Waals surface area contributed by atoms with Gasteiger partial charge in [0.05, 0.1) is 82.3 Å². The Hall–Kier alpha value is -4.82. The molecule has 3 rings (SSSR count). The number of rotatable bonds is 33. The molecule has 9 atom stereocenters. The minimum absolute atomic E-state index is 0.0255. The predicted octanol–water partition coefficient (Wildman–Crippen LogP) is 2.94. The Morgan fingerprint density at radius 1 is 0.819 bits per heavy atom. The lowest BCUT2D eigenvalue weighted by Gasteiger charge is -2.41. The largest absolute Gasteiger partial charge is 0.388 e. The van der Waals surface area contributed by atoms with Crippen LogP contribution in [0.3, 0.4) is 0 Å². The monoisotopic (exact) mass is 1010 g/mol. The Morgan fingerprint density at radius 2 is 1.42 bits per heavy atom. The molecule has 0 spiro atoms. The highest BCUT2D eigenvalue weighted by atomic mass is 16.5. The molecular formula is C54H89N8O10+. The minimum Gasteiger partial charge on any atom is -0.388 e. The summed E-state index contributed by atoms with van der Waals surface area (Å²) in [5, 5.41) is 21.2. The highest BCUT2D eigenvalue weighted by molar-refractivity contribution is 6.00. The number of nitrogens with two attached hydrogens (primary N) is 2. The number of carbonyl (C=O) groups is 4. The number of methoxy groups -OCH3 is 2. The molecule has 2 aromatic carbocycles. The molecule has 18 nitrogen and oxygen atoms in total. The average Bonchev–Trinajstić information content (AvgIpc) is 3.85. The lowest BCUT2D eigenvalue weighted by Crippen LogP contribution is -2.60. The SMILES string of the molecule is CC[C@H](C)C([C@@H](CC(=O)N1CCC[C@H]1[C@H](OC)[C@@H](C)C(=O)NC(Cc1ccccc1)C(=[NH2+])OC(=N)c1ccccc1)OC)N(C)C(=O)[C@@H](NC(=O)[C@H](C(C)C)N(C)CCOCCOCCOCCN)C(C)C. The highest BCUT2D eigenvalue weighted by Crippen LogP contribution is 2.30. The first-order chi connectivity index (χ1) is 34.4. The summed E-state index contributed by atoms with van der Waals surface area (Å²) in [5.41, 5.74) is 6.88. The van der Waals surface area contributed by atoms with Crippen LogP contribution >= 0.6 is 0 Å². The van der Waals surface area contributed by atoms with Gasteiger partial charge in [-0.05, 0) is 55.3 Å². The molecule has 0 aliphatic carbocycles. The smallest absolute Gasteiger partial charge is 0.363 e. The molecule has 2 aromatic rings. The summed E-state index contributed by atoms with van der Waals surface area (Å²) in [7, 11) is 6.70. The van der Waals surface area contributed by atoms with Crippen LogP contribution in [0.4, 0.5) is 0 Å². The normalized spacial score (nSPS) is 17.2. The number of hydrogen-bond donors (Lipinski definition) is 5. The van der Waals surface area contributed by atoms with Gasteiger partial charge in [0, 0.05) is 52.9 Å². The zero-order chi connectivity index (χ0) is 53.3. The predicted molar refractivity (Wildman–Crippen MR) is 279 cm³/mol. The van der Waals surface area contributed by atoms with Crippen molar-refractivity contribution in [2.24, 2.45) is 29.4 Å². The molecule has 1 saturated heterocycles. The number of benzene rings is 2. The molecule has 0 saturated carbocycles. The van der Waals surface area contributed by atoms with Gasteiger partial charge in [-0.2, -0.15) is 0 Å². The molecule has 1 heterocycles. The van der Waals surface area contributed by atoms with Gasteiger partial charge in [0.2, 0.25) is 29.5 Å². The number of ether oxygens (including phenoxy) is 6. The molecule has 72 heavy (non-hydrogen) atoms. The van der Waals surface area contributed by atoms with E-state index in [2.05, 4.69) is 10.6 Å². The molecule has 1 aliphatic rings. The third-order valence-electron chi connectivity index (χ3n) is 13.7. The molecular weight excluding hydrogens is 921 g/mol. The first-order valence-corrected chi connectivity index (χ1v) is 25.8. The molecule has 404 valence electrons. The maximum Gasteiger partial charge on any atom is 0.363 e. The molecule has 18 heteroatoms. The quantitative estimate of drug-likeness (QED) is 0.0395. The first-order valence-electron chi connectivity index (χ1n) is 25.8. The lowest BCUT2D eigenvalue weighted by atomic mass is 9.89. The molecule has 0 aromatic heterocycles. The summed E-state index contributed by atoms with van der Waals surface area (Å²) in [4.78, 5) is 62.9. The fourth-order valence-corrected chi connectivity index (χ4v) is 9.48. The fraction of sp³-hybridized carbons (Fsp3) is 0.667. The van der Waals surface area contributed by atoms with Crippen LogP contribution in [0.2, 0.25) is 0 Å². The molecule has 7 N–H and O–H groups in total. The number of nitrogens with zero attached hydrogens (tertiary/aromatic N) is 3. The van der Waals surface area contributed by atoms with Crippen molar-refractivity contribution in [1.82, 2.24) is 25.3 Å². The number of hydrogen-bond acceptors (Lipinski definition) is 13.